The number of carbonyl (C=O) groups is 1. The number of hydrogen-bond donors (Lipinski definition) is 1. The number of aromatic nitrogens is 1. The van der Waals surface area contributed by atoms with E-state index in [9.17, 15) is 10.1 Å². The van der Waals surface area contributed by atoms with Crippen molar-refractivity contribution >= 4 is 17.7 Å². The molecule has 124 valence electrons. The molecule has 0 saturated carbocycles. The van der Waals surface area contributed by atoms with Gasteiger partial charge in [0, 0.05) is 12.2 Å². The highest BCUT2D eigenvalue weighted by Crippen LogP contribution is 2.23. The van der Waals surface area contributed by atoms with Crippen LogP contribution in [0.2, 0.25) is 0 Å². The monoisotopic (exact) mass is 339 g/mol. The molecule has 1 N–H and O–H groups in total. The van der Waals surface area contributed by atoms with Crippen LogP contribution in [0.15, 0.2) is 41.4 Å². The van der Waals surface area contributed by atoms with Crippen molar-refractivity contribution in [3.05, 3.63) is 58.8 Å². The molecule has 1 aromatic carbocycles. The number of nitrogens with zero attached hydrogens (tertiary/aromatic N) is 2. The topological polar surface area (TPSA) is 65.8 Å². The van der Waals surface area contributed by atoms with E-state index in [1.54, 1.807) is 0 Å². The Kier molecular flexibility index (Phi) is 6.83. The van der Waals surface area contributed by atoms with Crippen LogP contribution in [0.4, 0.5) is 0 Å². The van der Waals surface area contributed by atoms with Crippen molar-refractivity contribution in [1.82, 2.24) is 10.3 Å². The van der Waals surface area contributed by atoms with Gasteiger partial charge in [-0.25, -0.2) is 4.98 Å². The van der Waals surface area contributed by atoms with Crippen LogP contribution in [-0.4, -0.2) is 23.2 Å². The second-order valence-corrected chi connectivity index (χ2v) is 6.56. The lowest BCUT2D eigenvalue weighted by atomic mass is 10.1. The van der Waals surface area contributed by atoms with Crippen LogP contribution < -0.4 is 5.32 Å². The minimum atomic E-state index is -0.0297. The molecule has 0 aliphatic carbocycles. The molecule has 1 amide bonds. The van der Waals surface area contributed by atoms with Gasteiger partial charge in [-0.05, 0) is 43.9 Å². The summed E-state index contributed by atoms with van der Waals surface area (Å²) in [6, 6.07) is 14.3. The smallest absolute Gasteiger partial charge is 0.230 e. The van der Waals surface area contributed by atoms with E-state index in [2.05, 4.69) is 28.5 Å². The van der Waals surface area contributed by atoms with E-state index >= 15 is 0 Å². The van der Waals surface area contributed by atoms with Crippen molar-refractivity contribution in [3.8, 4) is 6.07 Å². The van der Waals surface area contributed by atoms with E-state index < -0.39 is 0 Å². The minimum absolute atomic E-state index is 0.0297. The molecular weight excluding hydrogens is 318 g/mol. The van der Waals surface area contributed by atoms with Crippen LogP contribution in [0, 0.1) is 25.2 Å². The molecular formula is C19H21N3OS. The zero-order chi connectivity index (χ0) is 17.4. The van der Waals surface area contributed by atoms with Crippen LogP contribution in [0.3, 0.4) is 0 Å². The van der Waals surface area contributed by atoms with E-state index in [0.717, 1.165) is 24.1 Å². The summed E-state index contributed by atoms with van der Waals surface area (Å²) in [5, 5.41) is 12.8. The SMILES string of the molecule is Cc1cc(C)c(C#N)c(SCC(=O)NCCCc2ccccc2)n1. The molecule has 0 radical (unpaired) electrons. The summed E-state index contributed by atoms with van der Waals surface area (Å²) in [6.45, 7) is 4.43. The maximum atomic E-state index is 12.0. The molecule has 0 bridgehead atoms. The second kappa shape index (κ2) is 9.09. The van der Waals surface area contributed by atoms with Gasteiger partial charge in [0.05, 0.1) is 11.3 Å². The first-order valence-electron chi connectivity index (χ1n) is 7.92. The lowest BCUT2D eigenvalue weighted by Gasteiger charge is -2.08. The standard InChI is InChI=1S/C19H21N3OS/c1-14-11-15(2)22-19(17(14)12-20)24-13-18(23)21-10-6-9-16-7-4-3-5-8-16/h3-5,7-8,11H,6,9-10,13H2,1-2H3,(H,21,23). The fourth-order valence-electron chi connectivity index (χ4n) is 2.39. The molecule has 24 heavy (non-hydrogen) atoms. The lowest BCUT2D eigenvalue weighted by molar-refractivity contribution is -0.118. The third kappa shape index (κ3) is 5.39. The van der Waals surface area contributed by atoms with Gasteiger partial charge in [0.25, 0.3) is 0 Å². The van der Waals surface area contributed by atoms with Crippen molar-refractivity contribution in [2.24, 2.45) is 0 Å². The third-order valence-corrected chi connectivity index (χ3v) is 4.55. The number of aryl methyl sites for hydroxylation is 3. The van der Waals surface area contributed by atoms with Crippen molar-refractivity contribution in [3.63, 3.8) is 0 Å². The van der Waals surface area contributed by atoms with Gasteiger partial charge in [0.2, 0.25) is 5.91 Å². The number of thioether (sulfide) groups is 1. The third-order valence-electron chi connectivity index (χ3n) is 3.57. The van der Waals surface area contributed by atoms with Gasteiger partial charge in [0.15, 0.2) is 0 Å². The molecule has 0 fully saturated rings. The van der Waals surface area contributed by atoms with Gasteiger partial charge < -0.3 is 5.32 Å². The van der Waals surface area contributed by atoms with Gasteiger partial charge in [0.1, 0.15) is 11.1 Å². The van der Waals surface area contributed by atoms with Crippen LogP contribution in [-0.2, 0) is 11.2 Å². The molecule has 5 heteroatoms. The highest BCUT2D eigenvalue weighted by molar-refractivity contribution is 8.00. The maximum absolute atomic E-state index is 12.0. The number of rotatable bonds is 7. The number of nitriles is 1. The van der Waals surface area contributed by atoms with Crippen LogP contribution in [0.1, 0.15) is 28.8 Å². The maximum Gasteiger partial charge on any atom is 0.230 e. The summed E-state index contributed by atoms with van der Waals surface area (Å²) in [5.74, 6) is 0.244. The summed E-state index contributed by atoms with van der Waals surface area (Å²) in [4.78, 5) is 16.3. The van der Waals surface area contributed by atoms with Crippen LogP contribution >= 0.6 is 11.8 Å². The molecule has 0 unspecified atom stereocenters. The van der Waals surface area contributed by atoms with Gasteiger partial charge >= 0.3 is 0 Å². The number of hydrogen-bond acceptors (Lipinski definition) is 4. The number of benzene rings is 1. The zero-order valence-electron chi connectivity index (χ0n) is 14.0. The molecule has 2 aromatic rings. The van der Waals surface area contributed by atoms with E-state index in [0.29, 0.717) is 17.1 Å². The first-order chi connectivity index (χ1) is 11.6. The average Bonchev–Trinajstić information content (AvgIpc) is 2.57. The van der Waals surface area contributed by atoms with Gasteiger partial charge in [-0.2, -0.15) is 5.26 Å². The van der Waals surface area contributed by atoms with Crippen molar-refractivity contribution < 1.29 is 4.79 Å². The molecule has 0 atom stereocenters. The minimum Gasteiger partial charge on any atom is -0.355 e. The lowest BCUT2D eigenvalue weighted by Crippen LogP contribution is -2.26. The Morgan fingerprint density at radius 1 is 1.29 bits per heavy atom. The molecule has 0 saturated heterocycles. The molecule has 4 nitrogen and oxygen atoms in total. The Balaban J connectivity index is 1.77. The number of amides is 1. The highest BCUT2D eigenvalue weighted by Gasteiger charge is 2.11. The van der Waals surface area contributed by atoms with E-state index in [1.807, 2.05) is 38.1 Å². The van der Waals surface area contributed by atoms with Gasteiger partial charge in [-0.1, -0.05) is 42.1 Å². The number of pyridine rings is 1. The van der Waals surface area contributed by atoms with Crippen LogP contribution in [0.5, 0.6) is 0 Å². The fourth-order valence-corrected chi connectivity index (χ4v) is 3.32. The van der Waals surface area contributed by atoms with E-state index in [4.69, 9.17) is 0 Å². The Labute approximate surface area is 147 Å². The first kappa shape index (κ1) is 18.0. The molecule has 1 heterocycles. The summed E-state index contributed by atoms with van der Waals surface area (Å²) in [5.41, 5.74) is 3.59. The van der Waals surface area contributed by atoms with Crippen molar-refractivity contribution in [2.45, 2.75) is 31.7 Å². The van der Waals surface area contributed by atoms with Gasteiger partial charge in [-0.3, -0.25) is 4.79 Å². The number of carbonyl (C=O) groups excluding carboxylic acids is 1. The first-order valence-corrected chi connectivity index (χ1v) is 8.90. The highest BCUT2D eigenvalue weighted by atomic mass is 32.2. The zero-order valence-corrected chi connectivity index (χ0v) is 14.8. The second-order valence-electron chi connectivity index (χ2n) is 5.60. The summed E-state index contributed by atoms with van der Waals surface area (Å²) in [6.07, 6.45) is 1.86. The Morgan fingerprint density at radius 3 is 2.75 bits per heavy atom. The predicted octanol–water partition coefficient (Wildman–Crippen LogP) is 3.41. The predicted molar refractivity (Wildman–Crippen MR) is 96.9 cm³/mol. The Morgan fingerprint density at radius 2 is 2.04 bits per heavy atom. The summed E-state index contributed by atoms with van der Waals surface area (Å²) < 4.78 is 0. The molecule has 2 rings (SSSR count). The summed E-state index contributed by atoms with van der Waals surface area (Å²) in [7, 11) is 0. The fraction of sp³-hybridized carbons (Fsp3) is 0.316. The quantitative estimate of drug-likeness (QED) is 0.620. The van der Waals surface area contributed by atoms with Gasteiger partial charge in [-0.15, -0.1) is 0 Å². The Hall–Kier alpha value is -2.32. The summed E-state index contributed by atoms with van der Waals surface area (Å²) >= 11 is 1.32. The van der Waals surface area contributed by atoms with E-state index in [1.165, 1.54) is 17.3 Å². The Bertz CT molecular complexity index is 738. The normalized spacial score (nSPS) is 10.2. The number of nitrogens with one attached hydrogen (secondary N) is 1. The molecule has 1 aromatic heterocycles. The van der Waals surface area contributed by atoms with Crippen molar-refractivity contribution in [1.29, 1.82) is 5.26 Å². The van der Waals surface area contributed by atoms with Crippen molar-refractivity contribution in [2.75, 3.05) is 12.3 Å². The molecule has 0 aliphatic rings. The van der Waals surface area contributed by atoms with E-state index in [-0.39, 0.29) is 11.7 Å². The molecule has 0 spiro atoms. The average molecular weight is 339 g/mol. The largest absolute Gasteiger partial charge is 0.355 e. The molecule has 0 aliphatic heterocycles. The van der Waals surface area contributed by atoms with Crippen LogP contribution in [0.25, 0.3) is 0 Å².